The van der Waals surface area contributed by atoms with Crippen LogP contribution in [0.25, 0.3) is 107 Å². The first kappa shape index (κ1) is 39.2. The van der Waals surface area contributed by atoms with Crippen LogP contribution in [0.5, 0.6) is 0 Å². The summed E-state index contributed by atoms with van der Waals surface area (Å²) in [5, 5.41) is 1.92. The predicted octanol–water partition coefficient (Wildman–Crippen LogP) is 13.8. The van der Waals surface area contributed by atoms with Gasteiger partial charge in [-0.2, -0.15) is 13.2 Å². The second-order valence-electron chi connectivity index (χ2n) is 15.5. The third-order valence-electron chi connectivity index (χ3n) is 11.4. The lowest BCUT2D eigenvalue weighted by Gasteiger charge is -2.17. The Labute approximate surface area is 371 Å². The molecule has 11 aromatic rings. The summed E-state index contributed by atoms with van der Waals surface area (Å²) < 4.78 is 43.3. The van der Waals surface area contributed by atoms with Gasteiger partial charge in [0.2, 0.25) is 0 Å². The molecule has 65 heavy (non-hydrogen) atoms. The molecule has 310 valence electrons. The van der Waals surface area contributed by atoms with Gasteiger partial charge in [0.05, 0.1) is 22.3 Å². The van der Waals surface area contributed by atoms with Crippen molar-refractivity contribution in [1.29, 1.82) is 0 Å². The van der Waals surface area contributed by atoms with Gasteiger partial charge >= 0.3 is 6.18 Å². The van der Waals surface area contributed by atoms with E-state index in [1.165, 1.54) is 12.1 Å². The zero-order chi connectivity index (χ0) is 43.9. The summed E-state index contributed by atoms with van der Waals surface area (Å²) in [7, 11) is 0. The van der Waals surface area contributed by atoms with E-state index in [1.54, 1.807) is 0 Å². The van der Waals surface area contributed by atoms with E-state index in [0.717, 1.165) is 67.4 Å². The molecule has 3 heterocycles. The Hall–Kier alpha value is -8.63. The lowest BCUT2D eigenvalue weighted by atomic mass is 10.00. The van der Waals surface area contributed by atoms with Gasteiger partial charge in [-0.05, 0) is 59.7 Å². The lowest BCUT2D eigenvalue weighted by molar-refractivity contribution is -0.137. The molecule has 0 atom stereocenters. The second-order valence-corrected chi connectivity index (χ2v) is 15.5. The number of rotatable bonds is 8. The summed E-state index contributed by atoms with van der Waals surface area (Å²) in [6.45, 7) is 0. The third kappa shape index (κ3) is 7.57. The topological polar surface area (TPSA) is 82.3 Å². The molecule has 0 aliphatic carbocycles. The predicted molar refractivity (Wildman–Crippen MR) is 251 cm³/mol. The molecule has 0 amide bonds. The number of nitrogens with zero attached hydrogens (tertiary/aromatic N) is 7. The Balaban J connectivity index is 1.15. The molecule has 0 N–H and O–H groups in total. The molecular formula is C55H34F3N7. The summed E-state index contributed by atoms with van der Waals surface area (Å²) in [4.78, 5) is 30.1. The van der Waals surface area contributed by atoms with Gasteiger partial charge in [-0.3, -0.25) is 0 Å². The zero-order valence-electron chi connectivity index (χ0n) is 34.4. The molecule has 7 nitrogen and oxygen atoms in total. The van der Waals surface area contributed by atoms with Crippen LogP contribution in [-0.2, 0) is 6.18 Å². The highest BCUT2D eigenvalue weighted by Gasteiger charge is 2.30. The minimum absolute atomic E-state index is 0.432. The molecular weight excluding hydrogens is 816 g/mol. The number of para-hydroxylation sites is 1. The van der Waals surface area contributed by atoms with Gasteiger partial charge in [-0.15, -0.1) is 0 Å². The summed E-state index contributed by atoms with van der Waals surface area (Å²) in [5.74, 6) is 3.07. The van der Waals surface area contributed by atoms with Crippen LogP contribution in [0.3, 0.4) is 0 Å². The first-order valence-corrected chi connectivity index (χ1v) is 20.9. The molecule has 0 saturated heterocycles. The van der Waals surface area contributed by atoms with Crippen LogP contribution in [0.4, 0.5) is 13.2 Å². The smallest absolute Gasteiger partial charge is 0.308 e. The van der Waals surface area contributed by atoms with Gasteiger partial charge in [0.1, 0.15) is 0 Å². The van der Waals surface area contributed by atoms with Crippen LogP contribution in [0.2, 0.25) is 0 Å². The van der Waals surface area contributed by atoms with Gasteiger partial charge in [0, 0.05) is 44.2 Å². The number of benzene rings is 8. The molecule has 0 aliphatic heterocycles. The van der Waals surface area contributed by atoms with Gasteiger partial charge in [0.25, 0.3) is 0 Å². The van der Waals surface area contributed by atoms with Crippen molar-refractivity contribution in [3.63, 3.8) is 0 Å². The van der Waals surface area contributed by atoms with Crippen molar-refractivity contribution in [2.24, 2.45) is 0 Å². The molecule has 0 saturated carbocycles. The van der Waals surface area contributed by atoms with Gasteiger partial charge < -0.3 is 4.57 Å². The fourth-order valence-electron chi connectivity index (χ4n) is 8.18. The number of fused-ring (bicyclic) bond motifs is 3. The molecule has 0 fully saturated rings. The van der Waals surface area contributed by atoms with E-state index in [9.17, 15) is 13.2 Å². The third-order valence-corrected chi connectivity index (χ3v) is 11.4. The summed E-state index contributed by atoms with van der Waals surface area (Å²) >= 11 is 0. The normalized spacial score (nSPS) is 11.6. The maximum atomic E-state index is 13.7. The van der Waals surface area contributed by atoms with Crippen molar-refractivity contribution in [2.45, 2.75) is 6.18 Å². The fraction of sp³-hybridized carbons (Fsp3) is 0.0182. The Kier molecular flexibility index (Phi) is 9.81. The number of hydrogen-bond acceptors (Lipinski definition) is 6. The van der Waals surface area contributed by atoms with E-state index < -0.39 is 11.7 Å². The summed E-state index contributed by atoms with van der Waals surface area (Å²) in [6, 6.07) is 64.6. The molecule has 8 aromatic carbocycles. The minimum Gasteiger partial charge on any atom is -0.308 e. The fourth-order valence-corrected chi connectivity index (χ4v) is 8.18. The molecule has 0 aliphatic rings. The standard InChI is InChI=1S/C55H34F3N7/c56-55(57,58)42-29-25-35(26-30-42)40-27-31-44(54-63-51(38-19-9-3-10-20-38)60-52(64-54)39-21-11-4-12-22-39)48(34-40)65-46-24-14-13-23-43(46)45-33-41(28-32-47(45)65)53-61-49(36-15-5-1-6-16-36)59-50(62-53)37-17-7-2-8-18-37/h1-34H. The molecule has 0 spiro atoms. The zero-order valence-corrected chi connectivity index (χ0v) is 34.4. The molecule has 10 heteroatoms. The molecule has 3 aromatic heterocycles. The van der Waals surface area contributed by atoms with Crippen molar-refractivity contribution in [3.8, 4) is 85.1 Å². The Morgan fingerprint density at radius 2 is 0.708 bits per heavy atom. The van der Waals surface area contributed by atoms with E-state index >= 15 is 0 Å². The SMILES string of the molecule is FC(F)(F)c1ccc(-c2ccc(-c3nc(-c4ccccc4)nc(-c4ccccc4)n3)c(-n3c4ccccc4c4cc(-c5nc(-c6ccccc6)nc(-c6ccccc6)n5)ccc43)c2)cc1. The first-order chi connectivity index (χ1) is 31.8. The average Bonchev–Trinajstić information content (AvgIpc) is 3.70. The molecule has 0 radical (unpaired) electrons. The largest absolute Gasteiger partial charge is 0.416 e. The molecule has 11 rings (SSSR count). The molecule has 0 unspecified atom stereocenters. The Morgan fingerprint density at radius 1 is 0.308 bits per heavy atom. The number of hydrogen-bond donors (Lipinski definition) is 0. The van der Waals surface area contributed by atoms with Crippen molar-refractivity contribution >= 4 is 21.8 Å². The van der Waals surface area contributed by atoms with E-state index in [-0.39, 0.29) is 0 Å². The van der Waals surface area contributed by atoms with Gasteiger partial charge in [0.15, 0.2) is 34.9 Å². The maximum Gasteiger partial charge on any atom is 0.416 e. The highest BCUT2D eigenvalue weighted by molar-refractivity contribution is 6.11. The quantitative estimate of drug-likeness (QED) is 0.151. The van der Waals surface area contributed by atoms with Crippen LogP contribution in [0.1, 0.15) is 5.56 Å². The van der Waals surface area contributed by atoms with E-state index in [1.807, 2.05) is 158 Å². The van der Waals surface area contributed by atoms with Gasteiger partial charge in [-0.1, -0.05) is 158 Å². The molecule has 0 bridgehead atoms. The van der Waals surface area contributed by atoms with Crippen LogP contribution < -0.4 is 0 Å². The summed E-state index contributed by atoms with van der Waals surface area (Å²) in [6.07, 6.45) is -4.46. The van der Waals surface area contributed by atoms with Crippen LogP contribution in [0, 0.1) is 0 Å². The number of alkyl halides is 3. The van der Waals surface area contributed by atoms with Crippen molar-refractivity contribution in [1.82, 2.24) is 34.5 Å². The maximum absolute atomic E-state index is 13.7. The van der Waals surface area contributed by atoms with Gasteiger partial charge in [-0.25, -0.2) is 29.9 Å². The second kappa shape index (κ2) is 16.2. The number of aromatic nitrogens is 7. The van der Waals surface area contributed by atoms with Crippen molar-refractivity contribution in [2.75, 3.05) is 0 Å². The monoisotopic (exact) mass is 849 g/mol. The lowest BCUT2D eigenvalue weighted by Crippen LogP contribution is -2.05. The van der Waals surface area contributed by atoms with Crippen LogP contribution in [0.15, 0.2) is 206 Å². The van der Waals surface area contributed by atoms with E-state index in [4.69, 9.17) is 29.9 Å². The minimum atomic E-state index is -4.46. The highest BCUT2D eigenvalue weighted by atomic mass is 19.4. The Bertz CT molecular complexity index is 3390. The van der Waals surface area contributed by atoms with Crippen molar-refractivity contribution in [3.05, 3.63) is 212 Å². The van der Waals surface area contributed by atoms with Crippen LogP contribution >= 0.6 is 0 Å². The average molecular weight is 850 g/mol. The van der Waals surface area contributed by atoms with Crippen LogP contribution in [-0.4, -0.2) is 34.5 Å². The van der Waals surface area contributed by atoms with E-state index in [0.29, 0.717) is 51.6 Å². The summed E-state index contributed by atoms with van der Waals surface area (Å²) in [5.41, 5.74) is 8.01. The first-order valence-electron chi connectivity index (χ1n) is 20.9. The van der Waals surface area contributed by atoms with E-state index in [2.05, 4.69) is 28.8 Å². The Morgan fingerprint density at radius 3 is 1.20 bits per heavy atom. The highest BCUT2D eigenvalue weighted by Crippen LogP contribution is 2.40. The number of halogens is 3. The van der Waals surface area contributed by atoms with Crippen molar-refractivity contribution < 1.29 is 13.2 Å².